The minimum absolute atomic E-state index is 0.0730. The van der Waals surface area contributed by atoms with Gasteiger partial charge in [-0.05, 0) is 43.0 Å². The van der Waals surface area contributed by atoms with E-state index in [0.717, 1.165) is 5.56 Å². The van der Waals surface area contributed by atoms with Gasteiger partial charge in [0.2, 0.25) is 10.0 Å². The fraction of sp³-hybridized carbons (Fsp3) is 0.300. The highest BCUT2D eigenvalue weighted by Crippen LogP contribution is 2.32. The summed E-state index contributed by atoms with van der Waals surface area (Å²) >= 11 is 0. The second-order valence-electron chi connectivity index (χ2n) is 7.37. The van der Waals surface area contributed by atoms with Crippen LogP contribution in [0.3, 0.4) is 0 Å². The number of rotatable bonds is 6. The van der Waals surface area contributed by atoms with Gasteiger partial charge >= 0.3 is 0 Å². The number of aryl methyl sites for hydroxylation is 1. The van der Waals surface area contributed by atoms with Crippen LogP contribution in [-0.2, 0) is 23.5 Å². The molecular formula is C20H21FN4O3S. The number of aromatic nitrogens is 3. The van der Waals surface area contributed by atoms with Crippen molar-refractivity contribution in [2.45, 2.75) is 31.4 Å². The zero-order valence-corrected chi connectivity index (χ0v) is 16.9. The van der Waals surface area contributed by atoms with Gasteiger partial charge in [-0.2, -0.15) is 0 Å². The molecule has 4 rings (SSSR count). The molecule has 2 heterocycles. The van der Waals surface area contributed by atoms with Crippen molar-refractivity contribution in [2.24, 2.45) is 7.05 Å². The molecule has 1 fully saturated rings. The molecule has 0 saturated heterocycles. The van der Waals surface area contributed by atoms with Gasteiger partial charge in [0, 0.05) is 19.2 Å². The summed E-state index contributed by atoms with van der Waals surface area (Å²) in [5.41, 5.74) is 2.26. The Bertz CT molecular complexity index is 1230. The average molecular weight is 416 g/mol. The number of benzene rings is 1. The van der Waals surface area contributed by atoms with Crippen molar-refractivity contribution in [2.75, 3.05) is 4.72 Å². The molecule has 0 amide bonds. The van der Waals surface area contributed by atoms with Crippen molar-refractivity contribution >= 4 is 15.7 Å². The molecule has 7 nitrogen and oxygen atoms in total. The number of sulfonamides is 1. The predicted molar refractivity (Wildman–Crippen MR) is 109 cm³/mol. The van der Waals surface area contributed by atoms with E-state index in [4.69, 9.17) is 0 Å². The van der Waals surface area contributed by atoms with Crippen molar-refractivity contribution in [1.29, 1.82) is 0 Å². The van der Waals surface area contributed by atoms with Crippen LogP contribution < -0.4 is 10.3 Å². The molecule has 2 N–H and O–H groups in total. The summed E-state index contributed by atoms with van der Waals surface area (Å²) in [6, 6.07) is 6.35. The average Bonchev–Trinajstić information content (AvgIpc) is 3.40. The van der Waals surface area contributed by atoms with Gasteiger partial charge in [0.05, 0.1) is 34.7 Å². The highest BCUT2D eigenvalue weighted by molar-refractivity contribution is 7.93. The molecule has 0 atom stereocenters. The lowest BCUT2D eigenvalue weighted by Crippen LogP contribution is -2.27. The fourth-order valence-corrected chi connectivity index (χ4v) is 4.67. The Morgan fingerprint density at radius 1 is 1.31 bits per heavy atom. The normalized spacial score (nSPS) is 14.2. The minimum atomic E-state index is -3.57. The van der Waals surface area contributed by atoms with E-state index in [1.807, 2.05) is 0 Å². The number of hydrogen-bond donors (Lipinski definition) is 2. The van der Waals surface area contributed by atoms with Crippen molar-refractivity contribution in [3.05, 3.63) is 69.8 Å². The number of imidazole rings is 1. The molecule has 152 valence electrons. The van der Waals surface area contributed by atoms with Crippen LogP contribution in [0.25, 0.3) is 11.3 Å². The first-order chi connectivity index (χ1) is 13.8. The maximum Gasteiger partial charge on any atom is 0.260 e. The van der Waals surface area contributed by atoms with E-state index in [2.05, 4.69) is 14.7 Å². The second kappa shape index (κ2) is 7.14. The largest absolute Gasteiger partial charge is 0.344 e. The Morgan fingerprint density at radius 2 is 2.07 bits per heavy atom. The Balaban J connectivity index is 1.85. The smallest absolute Gasteiger partial charge is 0.260 e. The molecule has 0 unspecified atom stereocenters. The molecule has 1 saturated carbocycles. The van der Waals surface area contributed by atoms with Crippen LogP contribution in [0, 0.1) is 12.7 Å². The van der Waals surface area contributed by atoms with E-state index in [0.29, 0.717) is 29.8 Å². The molecule has 3 aromatic rings. The third-order valence-corrected chi connectivity index (χ3v) is 6.96. The highest BCUT2D eigenvalue weighted by Gasteiger charge is 2.36. The molecule has 0 bridgehead atoms. The van der Waals surface area contributed by atoms with Crippen LogP contribution in [0.1, 0.15) is 29.7 Å². The van der Waals surface area contributed by atoms with E-state index in [-0.39, 0.29) is 23.2 Å². The van der Waals surface area contributed by atoms with Crippen LogP contribution in [0.2, 0.25) is 0 Å². The van der Waals surface area contributed by atoms with Gasteiger partial charge in [-0.25, -0.2) is 17.8 Å². The van der Waals surface area contributed by atoms with E-state index in [1.54, 1.807) is 26.1 Å². The van der Waals surface area contributed by atoms with Gasteiger partial charge in [-0.3, -0.25) is 9.52 Å². The number of H-pyrrole nitrogens is 1. The van der Waals surface area contributed by atoms with Crippen LogP contribution in [0.5, 0.6) is 0 Å². The number of pyridine rings is 1. The molecule has 0 spiro atoms. The van der Waals surface area contributed by atoms with Crippen molar-refractivity contribution in [1.82, 2.24) is 14.5 Å². The third-order valence-electron chi connectivity index (χ3n) is 5.11. The van der Waals surface area contributed by atoms with E-state index >= 15 is 0 Å². The van der Waals surface area contributed by atoms with Crippen molar-refractivity contribution in [3.8, 4) is 11.3 Å². The number of nitrogens with zero attached hydrogens (tertiary/aromatic N) is 2. The van der Waals surface area contributed by atoms with Gasteiger partial charge in [0.15, 0.2) is 0 Å². The summed E-state index contributed by atoms with van der Waals surface area (Å²) < 4.78 is 43.6. The summed E-state index contributed by atoms with van der Waals surface area (Å²) in [6.07, 6.45) is 4.23. The Kier molecular flexibility index (Phi) is 4.77. The van der Waals surface area contributed by atoms with Crippen LogP contribution >= 0.6 is 0 Å². The maximum absolute atomic E-state index is 14.4. The highest BCUT2D eigenvalue weighted by atomic mass is 32.2. The van der Waals surface area contributed by atoms with Gasteiger partial charge in [-0.15, -0.1) is 0 Å². The second-order valence-corrected chi connectivity index (χ2v) is 9.33. The van der Waals surface area contributed by atoms with Crippen molar-refractivity contribution in [3.63, 3.8) is 0 Å². The van der Waals surface area contributed by atoms with Gasteiger partial charge < -0.3 is 9.55 Å². The standard InChI is InChI=1S/C20H21FN4O3S/c1-12-3-4-13(16(21)7-12)8-19-17(24-29(27,28)14-5-6-14)9-15(20(26)25(19)2)18-10-22-11-23-18/h3-4,7,9-11,14,24H,5-6,8H2,1-2H3,(H,22,23). The predicted octanol–water partition coefficient (Wildman–Crippen LogP) is 2.72. The molecule has 0 radical (unpaired) electrons. The minimum Gasteiger partial charge on any atom is -0.344 e. The number of aromatic amines is 1. The number of halogens is 1. The summed E-state index contributed by atoms with van der Waals surface area (Å²) in [4.78, 5) is 19.7. The summed E-state index contributed by atoms with van der Waals surface area (Å²) in [7, 11) is -2.02. The van der Waals surface area contributed by atoms with Crippen LogP contribution in [0.4, 0.5) is 10.1 Å². The van der Waals surface area contributed by atoms with Crippen molar-refractivity contribution < 1.29 is 12.8 Å². The van der Waals surface area contributed by atoms with E-state index < -0.39 is 21.1 Å². The SMILES string of the molecule is Cc1ccc(Cc2c(NS(=O)(=O)C3CC3)cc(-c3cnc[nH]3)c(=O)n2C)c(F)c1. The molecule has 1 aliphatic rings. The summed E-state index contributed by atoms with van der Waals surface area (Å²) in [5.74, 6) is -0.397. The number of nitrogens with one attached hydrogen (secondary N) is 2. The summed E-state index contributed by atoms with van der Waals surface area (Å²) in [6.45, 7) is 1.79. The molecule has 0 aliphatic heterocycles. The molecule has 29 heavy (non-hydrogen) atoms. The molecule has 2 aromatic heterocycles. The maximum atomic E-state index is 14.4. The molecule has 9 heteroatoms. The zero-order valence-electron chi connectivity index (χ0n) is 16.1. The fourth-order valence-electron chi connectivity index (χ4n) is 3.26. The van der Waals surface area contributed by atoms with Gasteiger partial charge in [0.25, 0.3) is 5.56 Å². The quantitative estimate of drug-likeness (QED) is 0.646. The van der Waals surface area contributed by atoms with Crippen LogP contribution in [-0.4, -0.2) is 28.2 Å². The third kappa shape index (κ3) is 3.82. The molecule has 1 aliphatic carbocycles. The van der Waals surface area contributed by atoms with E-state index in [1.165, 1.54) is 29.2 Å². The topological polar surface area (TPSA) is 96.8 Å². The lowest BCUT2D eigenvalue weighted by atomic mass is 10.0. The lowest BCUT2D eigenvalue weighted by Gasteiger charge is -2.18. The zero-order chi connectivity index (χ0) is 20.8. The Morgan fingerprint density at radius 3 is 2.69 bits per heavy atom. The lowest BCUT2D eigenvalue weighted by molar-refractivity contribution is 0.599. The van der Waals surface area contributed by atoms with E-state index in [9.17, 15) is 17.6 Å². The van der Waals surface area contributed by atoms with Crippen LogP contribution in [0.15, 0.2) is 41.6 Å². The number of hydrogen-bond acceptors (Lipinski definition) is 4. The molecular weight excluding hydrogens is 395 g/mol. The molecule has 1 aromatic carbocycles. The van der Waals surface area contributed by atoms with Gasteiger partial charge in [-0.1, -0.05) is 12.1 Å². The summed E-state index contributed by atoms with van der Waals surface area (Å²) in [5, 5.41) is -0.431. The number of anilines is 1. The Labute approximate surface area is 167 Å². The first kappa shape index (κ1) is 19.4. The first-order valence-electron chi connectivity index (χ1n) is 9.24. The Hall–Kier alpha value is -2.94. The first-order valence-corrected chi connectivity index (χ1v) is 10.8. The monoisotopic (exact) mass is 416 g/mol. The van der Waals surface area contributed by atoms with Gasteiger partial charge in [0.1, 0.15) is 5.82 Å².